The van der Waals surface area contributed by atoms with Crippen LogP contribution in [0.5, 0.6) is 0 Å². The number of aldehydes is 1. The topological polar surface area (TPSA) is 64.3 Å². The molecule has 0 aromatic carbocycles. The molecule has 0 saturated carbocycles. The summed E-state index contributed by atoms with van der Waals surface area (Å²) in [5.41, 5.74) is 0. The average Bonchev–Trinajstić information content (AvgIpc) is 2.53. The van der Waals surface area contributed by atoms with E-state index in [-0.39, 0.29) is 12.0 Å². The average molecular weight is 152 g/mol. The Bertz CT molecular complexity index is 283. The summed E-state index contributed by atoms with van der Waals surface area (Å²) in [6, 6.07) is 2.79. The van der Waals surface area contributed by atoms with E-state index in [4.69, 9.17) is 0 Å². The van der Waals surface area contributed by atoms with Crippen molar-refractivity contribution >= 4 is 17.9 Å². The van der Waals surface area contributed by atoms with Crippen molar-refractivity contribution in [2.45, 2.75) is 0 Å². The van der Waals surface area contributed by atoms with E-state index < -0.39 is 11.6 Å². The Morgan fingerprint density at radius 2 is 2.18 bits per heavy atom. The van der Waals surface area contributed by atoms with Gasteiger partial charge in [-0.1, -0.05) is 0 Å². The van der Waals surface area contributed by atoms with Crippen molar-refractivity contribution in [2.24, 2.45) is 0 Å². The highest BCUT2D eigenvalue weighted by molar-refractivity contribution is 6.61. The van der Waals surface area contributed by atoms with Crippen LogP contribution in [0, 0.1) is 0 Å². The summed E-state index contributed by atoms with van der Waals surface area (Å²) in [5, 5.41) is 0. The second kappa shape index (κ2) is 2.92. The minimum absolute atomic E-state index is 0.0369. The van der Waals surface area contributed by atoms with Crippen molar-refractivity contribution in [3.63, 3.8) is 0 Å². The molecule has 0 saturated heterocycles. The molecule has 1 rings (SSSR count). The first-order valence-corrected chi connectivity index (χ1v) is 2.83. The number of ketones is 2. The predicted octanol–water partition coefficient (Wildman–Crippen LogP) is 0.230. The molecule has 56 valence electrons. The van der Waals surface area contributed by atoms with Crippen molar-refractivity contribution in [1.29, 1.82) is 0 Å². The van der Waals surface area contributed by atoms with Crippen molar-refractivity contribution in [3.05, 3.63) is 24.2 Å². The third-order valence-electron chi connectivity index (χ3n) is 1.08. The Hall–Kier alpha value is -1.71. The summed E-state index contributed by atoms with van der Waals surface area (Å²) in [7, 11) is 0. The van der Waals surface area contributed by atoms with Gasteiger partial charge in [-0.2, -0.15) is 0 Å². The quantitative estimate of drug-likeness (QED) is 0.269. The maximum atomic E-state index is 10.8. The molecule has 0 aliphatic heterocycles. The van der Waals surface area contributed by atoms with Gasteiger partial charge in [-0.05, 0) is 12.1 Å². The van der Waals surface area contributed by atoms with Gasteiger partial charge in [0.2, 0.25) is 0 Å². The molecule has 0 fully saturated rings. The summed E-state index contributed by atoms with van der Waals surface area (Å²) in [6.45, 7) is 0. The number of carbonyl (C=O) groups excluding carboxylic acids is 3. The Kier molecular flexibility index (Phi) is 1.96. The Morgan fingerprint density at radius 3 is 2.64 bits per heavy atom. The lowest BCUT2D eigenvalue weighted by Crippen LogP contribution is -2.13. The van der Waals surface area contributed by atoms with E-state index in [1.54, 1.807) is 0 Å². The first-order valence-electron chi connectivity index (χ1n) is 2.83. The van der Waals surface area contributed by atoms with Crippen LogP contribution in [0.3, 0.4) is 0 Å². The van der Waals surface area contributed by atoms with Gasteiger partial charge in [0, 0.05) is 0 Å². The Morgan fingerprint density at radius 1 is 1.45 bits per heavy atom. The maximum absolute atomic E-state index is 10.8. The lowest BCUT2D eigenvalue weighted by Gasteiger charge is -1.85. The molecule has 0 aliphatic carbocycles. The van der Waals surface area contributed by atoms with Crippen LogP contribution in [0.2, 0.25) is 0 Å². The van der Waals surface area contributed by atoms with Crippen molar-refractivity contribution < 1.29 is 18.8 Å². The molecule has 0 bridgehead atoms. The highest BCUT2D eigenvalue weighted by Gasteiger charge is 2.16. The number of hydrogen-bond acceptors (Lipinski definition) is 4. The van der Waals surface area contributed by atoms with Crippen LogP contribution >= 0.6 is 0 Å². The second-order valence-corrected chi connectivity index (χ2v) is 1.79. The van der Waals surface area contributed by atoms with Crippen molar-refractivity contribution in [3.8, 4) is 0 Å². The molecular weight excluding hydrogens is 148 g/mol. The standard InChI is InChI=1S/C7H4O4/c8-4-5(9)7(10)6-2-1-3-11-6/h1-4H. The molecule has 1 aromatic rings. The lowest BCUT2D eigenvalue weighted by molar-refractivity contribution is -0.126. The number of furan rings is 1. The molecule has 0 N–H and O–H groups in total. The third-order valence-corrected chi connectivity index (χ3v) is 1.08. The normalized spacial score (nSPS) is 9.09. The summed E-state index contributed by atoms with van der Waals surface area (Å²) >= 11 is 0. The lowest BCUT2D eigenvalue weighted by atomic mass is 10.2. The van der Waals surface area contributed by atoms with Gasteiger partial charge in [-0.3, -0.25) is 14.4 Å². The fourth-order valence-electron chi connectivity index (χ4n) is 0.583. The zero-order valence-corrected chi connectivity index (χ0v) is 5.44. The zero-order chi connectivity index (χ0) is 8.27. The molecule has 1 heterocycles. The number of Topliss-reactive ketones (excluding diaryl/α,β-unsaturated/α-hetero) is 2. The highest BCUT2D eigenvalue weighted by Crippen LogP contribution is 2.00. The Balaban J connectivity index is 2.87. The fraction of sp³-hybridized carbons (Fsp3) is 0. The van der Waals surface area contributed by atoms with E-state index in [9.17, 15) is 14.4 Å². The van der Waals surface area contributed by atoms with E-state index in [1.165, 1.54) is 18.4 Å². The summed E-state index contributed by atoms with van der Waals surface area (Å²) in [4.78, 5) is 31.0. The molecule has 0 unspecified atom stereocenters. The van der Waals surface area contributed by atoms with Gasteiger partial charge in [0.05, 0.1) is 6.26 Å². The molecule has 0 radical (unpaired) electrons. The molecule has 4 heteroatoms. The first kappa shape index (κ1) is 7.40. The van der Waals surface area contributed by atoms with Crippen LogP contribution in [-0.4, -0.2) is 17.9 Å². The van der Waals surface area contributed by atoms with Crippen molar-refractivity contribution in [1.82, 2.24) is 0 Å². The maximum Gasteiger partial charge on any atom is 0.271 e. The van der Waals surface area contributed by atoms with Crippen LogP contribution in [0.15, 0.2) is 22.8 Å². The number of rotatable bonds is 3. The third kappa shape index (κ3) is 1.40. The van der Waals surface area contributed by atoms with Crippen LogP contribution in [0.1, 0.15) is 10.6 Å². The van der Waals surface area contributed by atoms with Gasteiger partial charge in [0.1, 0.15) is 0 Å². The monoisotopic (exact) mass is 152 g/mol. The Labute approximate surface area is 61.8 Å². The first-order chi connectivity index (χ1) is 5.25. The molecule has 4 nitrogen and oxygen atoms in total. The molecule has 1 aromatic heterocycles. The van der Waals surface area contributed by atoms with E-state index in [0.29, 0.717) is 0 Å². The summed E-state index contributed by atoms with van der Waals surface area (Å²) in [5.74, 6) is -2.12. The number of carbonyl (C=O) groups is 3. The van der Waals surface area contributed by atoms with E-state index in [2.05, 4.69) is 4.42 Å². The van der Waals surface area contributed by atoms with Gasteiger partial charge >= 0.3 is 0 Å². The SMILES string of the molecule is O=CC(=O)C(=O)c1ccco1. The largest absolute Gasteiger partial charge is 0.461 e. The molecule has 0 aliphatic rings. The molecule has 0 atom stereocenters. The van der Waals surface area contributed by atoms with Crippen LogP contribution in [0.4, 0.5) is 0 Å². The van der Waals surface area contributed by atoms with E-state index in [1.807, 2.05) is 0 Å². The van der Waals surface area contributed by atoms with Gasteiger partial charge in [0.25, 0.3) is 11.6 Å². The van der Waals surface area contributed by atoms with Gasteiger partial charge < -0.3 is 4.42 Å². The van der Waals surface area contributed by atoms with Gasteiger partial charge in [-0.15, -0.1) is 0 Å². The fourth-order valence-corrected chi connectivity index (χ4v) is 0.583. The number of hydrogen-bond donors (Lipinski definition) is 0. The van der Waals surface area contributed by atoms with Gasteiger partial charge in [-0.25, -0.2) is 0 Å². The highest BCUT2D eigenvalue weighted by atomic mass is 16.3. The van der Waals surface area contributed by atoms with Crippen molar-refractivity contribution in [2.75, 3.05) is 0 Å². The molecular formula is C7H4O4. The van der Waals surface area contributed by atoms with E-state index in [0.717, 1.165) is 0 Å². The minimum Gasteiger partial charge on any atom is -0.461 e. The second-order valence-electron chi connectivity index (χ2n) is 1.79. The van der Waals surface area contributed by atoms with Crippen LogP contribution < -0.4 is 0 Å². The molecule has 0 amide bonds. The van der Waals surface area contributed by atoms with Crippen LogP contribution in [0.25, 0.3) is 0 Å². The summed E-state index contributed by atoms with van der Waals surface area (Å²) in [6.07, 6.45) is 1.22. The van der Waals surface area contributed by atoms with E-state index >= 15 is 0 Å². The molecule has 0 spiro atoms. The predicted molar refractivity (Wildman–Crippen MR) is 34.1 cm³/mol. The minimum atomic E-state index is -1.10. The zero-order valence-electron chi connectivity index (χ0n) is 5.44. The van der Waals surface area contributed by atoms with Crippen LogP contribution in [-0.2, 0) is 9.59 Å². The smallest absolute Gasteiger partial charge is 0.271 e. The summed E-state index contributed by atoms with van der Waals surface area (Å²) < 4.78 is 4.59. The molecule has 11 heavy (non-hydrogen) atoms. The van der Waals surface area contributed by atoms with Gasteiger partial charge in [0.15, 0.2) is 12.0 Å².